The summed E-state index contributed by atoms with van der Waals surface area (Å²) < 4.78 is 5.37. The van der Waals surface area contributed by atoms with Crippen LogP contribution in [0.5, 0.6) is 0 Å². The van der Waals surface area contributed by atoms with Crippen LogP contribution in [0, 0.1) is 5.92 Å². The van der Waals surface area contributed by atoms with Gasteiger partial charge in [-0.3, -0.25) is 0 Å². The molecule has 0 unspecified atom stereocenters. The Morgan fingerprint density at radius 2 is 1.79 bits per heavy atom. The SMILES string of the molecule is COC1CCC(NCC2CCC2)CC1. The molecule has 0 heterocycles. The van der Waals surface area contributed by atoms with Crippen LogP contribution in [0.4, 0.5) is 0 Å². The second kappa shape index (κ2) is 5.13. The number of methoxy groups -OCH3 is 1. The number of nitrogens with one attached hydrogen (secondary N) is 1. The molecule has 0 bridgehead atoms. The van der Waals surface area contributed by atoms with Gasteiger partial charge in [-0.25, -0.2) is 0 Å². The van der Waals surface area contributed by atoms with Gasteiger partial charge in [0.1, 0.15) is 0 Å². The van der Waals surface area contributed by atoms with Crippen LogP contribution in [0.25, 0.3) is 0 Å². The van der Waals surface area contributed by atoms with Crippen LogP contribution in [-0.4, -0.2) is 25.8 Å². The Kier molecular flexibility index (Phi) is 3.82. The Morgan fingerprint density at radius 3 is 2.29 bits per heavy atom. The lowest BCUT2D eigenvalue weighted by Crippen LogP contribution is -2.39. The third kappa shape index (κ3) is 2.71. The maximum Gasteiger partial charge on any atom is 0.0572 e. The van der Waals surface area contributed by atoms with Crippen LogP contribution in [0.2, 0.25) is 0 Å². The van der Waals surface area contributed by atoms with Crippen molar-refractivity contribution in [3.63, 3.8) is 0 Å². The molecule has 0 saturated heterocycles. The highest BCUT2D eigenvalue weighted by Gasteiger charge is 2.22. The van der Waals surface area contributed by atoms with Crippen LogP contribution >= 0.6 is 0 Å². The fourth-order valence-electron chi connectivity index (χ4n) is 2.53. The average Bonchev–Trinajstić information content (AvgIpc) is 2.16. The Morgan fingerprint density at radius 1 is 1.07 bits per heavy atom. The van der Waals surface area contributed by atoms with Crippen LogP contribution in [0.1, 0.15) is 44.9 Å². The Balaban J connectivity index is 1.58. The van der Waals surface area contributed by atoms with E-state index in [1.165, 1.54) is 51.5 Å². The molecule has 2 aliphatic rings. The molecule has 0 spiro atoms. The second-order valence-corrected chi connectivity index (χ2v) is 4.91. The largest absolute Gasteiger partial charge is 0.381 e. The summed E-state index contributed by atoms with van der Waals surface area (Å²) in [4.78, 5) is 0. The normalized spacial score (nSPS) is 34.1. The van der Waals surface area contributed by atoms with Crippen molar-refractivity contribution in [3.05, 3.63) is 0 Å². The van der Waals surface area contributed by atoms with Crippen molar-refractivity contribution >= 4 is 0 Å². The van der Waals surface area contributed by atoms with Gasteiger partial charge in [-0.05, 0) is 51.0 Å². The predicted molar refractivity (Wildman–Crippen MR) is 58.4 cm³/mol. The summed E-state index contributed by atoms with van der Waals surface area (Å²) in [5.41, 5.74) is 0. The molecule has 0 aromatic rings. The lowest BCUT2D eigenvalue weighted by Gasteiger charge is -2.32. The molecule has 2 heteroatoms. The van der Waals surface area contributed by atoms with Crippen molar-refractivity contribution in [2.75, 3.05) is 13.7 Å². The van der Waals surface area contributed by atoms with Gasteiger partial charge in [0, 0.05) is 13.2 Å². The first-order valence-corrected chi connectivity index (χ1v) is 6.14. The second-order valence-electron chi connectivity index (χ2n) is 4.91. The van der Waals surface area contributed by atoms with E-state index in [1.54, 1.807) is 0 Å². The van der Waals surface area contributed by atoms with Gasteiger partial charge in [0.05, 0.1) is 6.10 Å². The molecule has 0 atom stereocenters. The standard InChI is InChI=1S/C12H23NO/c1-14-12-7-5-11(6-8-12)13-9-10-3-2-4-10/h10-13H,2-9H2,1H3. The number of ether oxygens (including phenoxy) is 1. The molecular formula is C12H23NO. The minimum absolute atomic E-state index is 0.539. The van der Waals surface area contributed by atoms with Crippen molar-refractivity contribution in [2.45, 2.75) is 57.1 Å². The number of hydrogen-bond donors (Lipinski definition) is 1. The fraction of sp³-hybridized carbons (Fsp3) is 1.00. The van der Waals surface area contributed by atoms with E-state index in [0.717, 1.165) is 12.0 Å². The maximum absolute atomic E-state index is 5.37. The highest BCUT2D eigenvalue weighted by Crippen LogP contribution is 2.26. The Hall–Kier alpha value is -0.0800. The van der Waals surface area contributed by atoms with Crippen molar-refractivity contribution in [1.82, 2.24) is 5.32 Å². The summed E-state index contributed by atoms with van der Waals surface area (Å²) >= 11 is 0. The van der Waals surface area contributed by atoms with E-state index in [0.29, 0.717) is 6.10 Å². The number of hydrogen-bond acceptors (Lipinski definition) is 2. The van der Waals surface area contributed by atoms with Gasteiger partial charge in [-0.1, -0.05) is 6.42 Å². The molecular weight excluding hydrogens is 174 g/mol. The van der Waals surface area contributed by atoms with Crippen LogP contribution in [-0.2, 0) is 4.74 Å². The first kappa shape index (κ1) is 10.4. The molecule has 14 heavy (non-hydrogen) atoms. The lowest BCUT2D eigenvalue weighted by molar-refractivity contribution is 0.0615. The molecule has 0 aromatic heterocycles. The first-order valence-electron chi connectivity index (χ1n) is 6.14. The highest BCUT2D eigenvalue weighted by atomic mass is 16.5. The molecule has 0 radical (unpaired) electrons. The summed E-state index contributed by atoms with van der Waals surface area (Å²) in [5.74, 6) is 0.996. The molecule has 0 aromatic carbocycles. The summed E-state index contributed by atoms with van der Waals surface area (Å²) in [7, 11) is 1.84. The average molecular weight is 197 g/mol. The molecule has 2 fully saturated rings. The van der Waals surface area contributed by atoms with E-state index >= 15 is 0 Å². The van der Waals surface area contributed by atoms with Gasteiger partial charge in [0.15, 0.2) is 0 Å². The van der Waals surface area contributed by atoms with Gasteiger partial charge in [0.2, 0.25) is 0 Å². The van der Waals surface area contributed by atoms with Crippen molar-refractivity contribution in [3.8, 4) is 0 Å². The molecule has 2 nitrogen and oxygen atoms in total. The zero-order valence-electron chi connectivity index (χ0n) is 9.30. The maximum atomic E-state index is 5.37. The molecule has 2 saturated carbocycles. The third-order valence-corrected chi connectivity index (χ3v) is 3.93. The van der Waals surface area contributed by atoms with E-state index in [4.69, 9.17) is 4.74 Å². The molecule has 0 aliphatic heterocycles. The molecule has 1 N–H and O–H groups in total. The summed E-state index contributed by atoms with van der Waals surface area (Å²) in [5, 5.41) is 3.71. The molecule has 2 rings (SSSR count). The lowest BCUT2D eigenvalue weighted by atomic mass is 9.84. The minimum atomic E-state index is 0.539. The van der Waals surface area contributed by atoms with Crippen LogP contribution < -0.4 is 5.32 Å². The van der Waals surface area contributed by atoms with E-state index in [-0.39, 0.29) is 0 Å². The third-order valence-electron chi connectivity index (χ3n) is 3.93. The first-order chi connectivity index (χ1) is 6.88. The molecule has 0 amide bonds. The fourth-order valence-corrected chi connectivity index (χ4v) is 2.53. The van der Waals surface area contributed by atoms with Gasteiger partial charge in [-0.2, -0.15) is 0 Å². The van der Waals surface area contributed by atoms with Gasteiger partial charge in [0.25, 0.3) is 0 Å². The monoisotopic (exact) mass is 197 g/mol. The Labute approximate surface area is 87.4 Å². The van der Waals surface area contributed by atoms with Crippen LogP contribution in [0.3, 0.4) is 0 Å². The van der Waals surface area contributed by atoms with E-state index < -0.39 is 0 Å². The van der Waals surface area contributed by atoms with Crippen molar-refractivity contribution in [1.29, 1.82) is 0 Å². The molecule has 82 valence electrons. The molecule has 2 aliphatic carbocycles. The van der Waals surface area contributed by atoms with E-state index in [1.807, 2.05) is 7.11 Å². The summed E-state index contributed by atoms with van der Waals surface area (Å²) in [6, 6.07) is 0.780. The van der Waals surface area contributed by atoms with Crippen LogP contribution in [0.15, 0.2) is 0 Å². The van der Waals surface area contributed by atoms with Gasteiger partial charge >= 0.3 is 0 Å². The smallest absolute Gasteiger partial charge is 0.0572 e. The van der Waals surface area contributed by atoms with E-state index in [9.17, 15) is 0 Å². The Bertz CT molecular complexity index is 160. The highest BCUT2D eigenvalue weighted by molar-refractivity contribution is 4.80. The van der Waals surface area contributed by atoms with Gasteiger partial charge in [-0.15, -0.1) is 0 Å². The zero-order chi connectivity index (χ0) is 9.80. The van der Waals surface area contributed by atoms with Gasteiger partial charge < -0.3 is 10.1 Å². The summed E-state index contributed by atoms with van der Waals surface area (Å²) in [6.07, 6.45) is 10.0. The predicted octanol–water partition coefficient (Wildman–Crippen LogP) is 2.33. The topological polar surface area (TPSA) is 21.3 Å². The van der Waals surface area contributed by atoms with Crippen molar-refractivity contribution in [2.24, 2.45) is 5.92 Å². The summed E-state index contributed by atoms with van der Waals surface area (Å²) in [6.45, 7) is 1.27. The zero-order valence-corrected chi connectivity index (χ0v) is 9.30. The van der Waals surface area contributed by atoms with E-state index in [2.05, 4.69) is 5.32 Å². The van der Waals surface area contributed by atoms with Crippen molar-refractivity contribution < 1.29 is 4.74 Å². The quantitative estimate of drug-likeness (QED) is 0.747. The number of rotatable bonds is 4. The minimum Gasteiger partial charge on any atom is -0.381 e.